The largest absolute Gasteiger partial charge is 0.497 e. The summed E-state index contributed by atoms with van der Waals surface area (Å²) in [5.74, 6) is 0.837. The second-order valence-electron chi connectivity index (χ2n) is 6.42. The van der Waals surface area contributed by atoms with E-state index in [-0.39, 0.29) is 0 Å². The van der Waals surface area contributed by atoms with E-state index in [9.17, 15) is 0 Å². The number of benzene rings is 1. The molecule has 5 rings (SSSR count). The Morgan fingerprint density at radius 3 is 2.81 bits per heavy atom. The van der Waals surface area contributed by atoms with Gasteiger partial charge in [0, 0.05) is 23.9 Å². The Balaban J connectivity index is 1.70. The summed E-state index contributed by atoms with van der Waals surface area (Å²) in [4.78, 5) is 12.6. The molecule has 4 heterocycles. The molecule has 2 N–H and O–H groups in total. The molecule has 26 heavy (non-hydrogen) atoms. The van der Waals surface area contributed by atoms with Crippen molar-refractivity contribution in [2.75, 3.05) is 20.2 Å². The third kappa shape index (κ3) is 2.30. The summed E-state index contributed by atoms with van der Waals surface area (Å²) in [6.07, 6.45) is 9.10. The molecule has 6 heteroatoms. The first kappa shape index (κ1) is 15.2. The summed E-state index contributed by atoms with van der Waals surface area (Å²) in [5, 5.41) is 3.37. The Kier molecular flexibility index (Phi) is 3.50. The van der Waals surface area contributed by atoms with E-state index in [1.165, 1.54) is 11.1 Å². The minimum Gasteiger partial charge on any atom is -0.497 e. The Hall–Kier alpha value is -3.12. The second-order valence-corrected chi connectivity index (χ2v) is 6.42. The van der Waals surface area contributed by atoms with Gasteiger partial charge in [0.05, 0.1) is 30.0 Å². The van der Waals surface area contributed by atoms with E-state index in [2.05, 4.69) is 36.9 Å². The van der Waals surface area contributed by atoms with Gasteiger partial charge in [-0.3, -0.25) is 4.40 Å². The topological polar surface area (TPSA) is 67.2 Å². The van der Waals surface area contributed by atoms with Gasteiger partial charge in [-0.25, -0.2) is 9.97 Å². The molecule has 0 saturated carbocycles. The van der Waals surface area contributed by atoms with Crippen molar-refractivity contribution in [3.63, 3.8) is 0 Å². The molecular formula is C20H19N5O. The molecule has 0 atom stereocenters. The van der Waals surface area contributed by atoms with Crippen LogP contribution in [0.25, 0.3) is 33.5 Å². The maximum absolute atomic E-state index is 5.25. The van der Waals surface area contributed by atoms with Crippen LogP contribution in [0.2, 0.25) is 0 Å². The standard InChI is InChI=1S/C20H19N5O/c1-26-15-4-2-14(3-5-15)18-17-11-23-20-19(25(17)12-24-18)16(10-22-20)13-6-8-21-9-7-13/h2-6,10-12,21-22H,7-9H2,1H3. The molecule has 6 nitrogen and oxygen atoms in total. The SMILES string of the molecule is COc1ccc(-c2ncn3c2cnc2[nH]cc(C4=CCNCC4)c23)cc1. The molecule has 0 bridgehead atoms. The third-order valence-electron chi connectivity index (χ3n) is 4.97. The van der Waals surface area contributed by atoms with Crippen molar-refractivity contribution in [3.05, 3.63) is 54.6 Å². The van der Waals surface area contributed by atoms with Crippen LogP contribution in [0.4, 0.5) is 0 Å². The van der Waals surface area contributed by atoms with E-state index < -0.39 is 0 Å². The van der Waals surface area contributed by atoms with Gasteiger partial charge < -0.3 is 15.0 Å². The first-order valence-electron chi connectivity index (χ1n) is 8.73. The lowest BCUT2D eigenvalue weighted by atomic mass is 10.0. The Morgan fingerprint density at radius 1 is 1.15 bits per heavy atom. The van der Waals surface area contributed by atoms with Crippen LogP contribution >= 0.6 is 0 Å². The average molecular weight is 345 g/mol. The van der Waals surface area contributed by atoms with E-state index in [4.69, 9.17) is 4.74 Å². The smallest absolute Gasteiger partial charge is 0.155 e. The number of aromatic nitrogens is 4. The molecule has 3 aromatic heterocycles. The highest BCUT2D eigenvalue weighted by molar-refractivity contribution is 5.92. The molecule has 130 valence electrons. The number of hydrogen-bond acceptors (Lipinski definition) is 4. The zero-order valence-corrected chi connectivity index (χ0v) is 14.5. The van der Waals surface area contributed by atoms with Crippen LogP contribution in [0, 0.1) is 0 Å². The summed E-state index contributed by atoms with van der Waals surface area (Å²) in [6.45, 7) is 1.91. The number of fused-ring (bicyclic) bond motifs is 3. The summed E-state index contributed by atoms with van der Waals surface area (Å²) in [6, 6.07) is 7.96. The van der Waals surface area contributed by atoms with Gasteiger partial charge >= 0.3 is 0 Å². The fourth-order valence-electron chi connectivity index (χ4n) is 3.62. The molecule has 1 aliphatic rings. The quantitative estimate of drug-likeness (QED) is 0.598. The number of ether oxygens (including phenoxy) is 1. The number of H-pyrrole nitrogens is 1. The molecule has 0 spiro atoms. The Morgan fingerprint density at radius 2 is 2.04 bits per heavy atom. The molecule has 0 amide bonds. The average Bonchev–Trinajstić information content (AvgIpc) is 3.32. The van der Waals surface area contributed by atoms with E-state index in [0.29, 0.717) is 0 Å². The van der Waals surface area contributed by atoms with Crippen molar-refractivity contribution < 1.29 is 4.74 Å². The molecule has 0 unspecified atom stereocenters. The number of hydrogen-bond donors (Lipinski definition) is 2. The van der Waals surface area contributed by atoms with Crippen molar-refractivity contribution >= 4 is 22.3 Å². The normalized spacial score (nSPS) is 14.7. The maximum Gasteiger partial charge on any atom is 0.155 e. The van der Waals surface area contributed by atoms with E-state index in [1.807, 2.05) is 36.8 Å². The highest BCUT2D eigenvalue weighted by Gasteiger charge is 2.17. The van der Waals surface area contributed by atoms with E-state index >= 15 is 0 Å². The molecule has 4 aromatic rings. The summed E-state index contributed by atoms with van der Waals surface area (Å²) in [7, 11) is 1.67. The molecular weight excluding hydrogens is 326 g/mol. The van der Waals surface area contributed by atoms with Crippen LogP contribution in [0.5, 0.6) is 5.75 Å². The zero-order chi connectivity index (χ0) is 17.5. The van der Waals surface area contributed by atoms with Crippen molar-refractivity contribution in [3.8, 4) is 17.0 Å². The van der Waals surface area contributed by atoms with Crippen LogP contribution in [-0.2, 0) is 0 Å². The molecule has 0 radical (unpaired) electrons. The van der Waals surface area contributed by atoms with Crippen LogP contribution in [-0.4, -0.2) is 39.6 Å². The fourth-order valence-corrected chi connectivity index (χ4v) is 3.62. The van der Waals surface area contributed by atoms with Gasteiger partial charge in [-0.2, -0.15) is 0 Å². The molecule has 0 aliphatic carbocycles. The predicted molar refractivity (Wildman–Crippen MR) is 102 cm³/mol. The first-order chi connectivity index (χ1) is 12.8. The highest BCUT2D eigenvalue weighted by atomic mass is 16.5. The summed E-state index contributed by atoms with van der Waals surface area (Å²) in [5.41, 5.74) is 7.50. The number of nitrogens with one attached hydrogen (secondary N) is 2. The van der Waals surface area contributed by atoms with Gasteiger partial charge in [0.1, 0.15) is 12.1 Å². The molecule has 1 aromatic carbocycles. The number of methoxy groups -OCH3 is 1. The van der Waals surface area contributed by atoms with Crippen LogP contribution < -0.4 is 10.1 Å². The van der Waals surface area contributed by atoms with E-state index in [0.717, 1.165) is 53.2 Å². The minimum atomic E-state index is 0.837. The highest BCUT2D eigenvalue weighted by Crippen LogP contribution is 2.31. The second kappa shape index (κ2) is 6.00. The monoisotopic (exact) mass is 345 g/mol. The number of rotatable bonds is 3. The third-order valence-corrected chi connectivity index (χ3v) is 4.97. The summed E-state index contributed by atoms with van der Waals surface area (Å²) < 4.78 is 7.39. The number of aromatic amines is 1. The lowest BCUT2D eigenvalue weighted by Crippen LogP contribution is -2.20. The lowest BCUT2D eigenvalue weighted by molar-refractivity contribution is 0.415. The van der Waals surface area contributed by atoms with Crippen molar-refractivity contribution in [1.29, 1.82) is 0 Å². The number of imidazole rings is 1. The predicted octanol–water partition coefficient (Wildman–Crippen LogP) is 3.26. The molecule has 0 fully saturated rings. The summed E-state index contributed by atoms with van der Waals surface area (Å²) >= 11 is 0. The van der Waals surface area contributed by atoms with Crippen LogP contribution in [0.15, 0.2) is 49.1 Å². The van der Waals surface area contributed by atoms with Gasteiger partial charge in [0.15, 0.2) is 5.65 Å². The van der Waals surface area contributed by atoms with E-state index in [1.54, 1.807) is 7.11 Å². The van der Waals surface area contributed by atoms with Gasteiger partial charge in [-0.15, -0.1) is 0 Å². The van der Waals surface area contributed by atoms with Crippen molar-refractivity contribution in [2.45, 2.75) is 6.42 Å². The zero-order valence-electron chi connectivity index (χ0n) is 14.5. The maximum atomic E-state index is 5.25. The van der Waals surface area contributed by atoms with Gasteiger partial charge in [-0.05, 0) is 42.8 Å². The van der Waals surface area contributed by atoms with Crippen molar-refractivity contribution in [2.24, 2.45) is 0 Å². The number of nitrogens with zero attached hydrogens (tertiary/aromatic N) is 3. The van der Waals surface area contributed by atoms with Crippen molar-refractivity contribution in [1.82, 2.24) is 24.7 Å². The van der Waals surface area contributed by atoms with Gasteiger partial charge in [-0.1, -0.05) is 6.08 Å². The molecule has 0 saturated heterocycles. The van der Waals surface area contributed by atoms with Gasteiger partial charge in [0.2, 0.25) is 0 Å². The Labute approximate surface area is 150 Å². The minimum absolute atomic E-state index is 0.837. The lowest BCUT2D eigenvalue weighted by Gasteiger charge is -2.13. The van der Waals surface area contributed by atoms with Gasteiger partial charge in [0.25, 0.3) is 0 Å². The van der Waals surface area contributed by atoms with Crippen LogP contribution in [0.1, 0.15) is 12.0 Å². The first-order valence-corrected chi connectivity index (χ1v) is 8.73. The van der Waals surface area contributed by atoms with Crippen LogP contribution in [0.3, 0.4) is 0 Å². The Bertz CT molecular complexity index is 1120. The fraction of sp³-hybridized carbons (Fsp3) is 0.200. The molecule has 1 aliphatic heterocycles.